The Morgan fingerprint density at radius 3 is 2.52 bits per heavy atom. The quantitative estimate of drug-likeness (QED) is 0.626. The molecule has 2 aliphatic carbocycles. The molecular formula is C21H27ClF2N2O3. The Morgan fingerprint density at radius 1 is 1.24 bits per heavy atom. The molecule has 8 heteroatoms. The lowest BCUT2D eigenvalue weighted by molar-refractivity contribution is -0.127. The summed E-state index contributed by atoms with van der Waals surface area (Å²) in [7, 11) is 0. The van der Waals surface area contributed by atoms with E-state index >= 15 is 0 Å². The van der Waals surface area contributed by atoms with Crippen LogP contribution in [0.4, 0.5) is 8.78 Å². The highest BCUT2D eigenvalue weighted by Crippen LogP contribution is 2.49. The van der Waals surface area contributed by atoms with Gasteiger partial charge < -0.3 is 15.7 Å². The van der Waals surface area contributed by atoms with Gasteiger partial charge in [0.05, 0.1) is 23.2 Å². The fourth-order valence-corrected chi connectivity index (χ4v) is 4.94. The first-order valence-corrected chi connectivity index (χ1v) is 10.4. The van der Waals surface area contributed by atoms with Crippen molar-refractivity contribution in [2.75, 3.05) is 0 Å². The summed E-state index contributed by atoms with van der Waals surface area (Å²) in [5.74, 6) is -2.82. The summed E-state index contributed by atoms with van der Waals surface area (Å²) >= 11 is 5.90. The monoisotopic (exact) mass is 428 g/mol. The molecular weight excluding hydrogens is 402 g/mol. The Hall–Kier alpha value is -1.73. The molecule has 0 aromatic heterocycles. The van der Waals surface area contributed by atoms with E-state index < -0.39 is 41.2 Å². The fraction of sp³-hybridized carbons (Fsp3) is 0.619. The Labute approximate surface area is 174 Å². The van der Waals surface area contributed by atoms with Crippen molar-refractivity contribution in [2.24, 2.45) is 11.3 Å². The van der Waals surface area contributed by atoms with Gasteiger partial charge in [0, 0.05) is 18.4 Å². The number of amides is 2. The summed E-state index contributed by atoms with van der Waals surface area (Å²) in [5.41, 5.74) is -0.719. The molecule has 0 radical (unpaired) electrons. The predicted molar refractivity (Wildman–Crippen MR) is 105 cm³/mol. The molecule has 3 rings (SSSR count). The standard InChI is InChI=1S/C21H27ClF2N2O3/c1-11(27)25-15-9-12(10-16(15)28)20(29)26-19(21(2)7-3-4-8-21)17-14(23)6-5-13(22)18(17)24/h5-6,12,15-16,19,28H,3-4,7-10H2,1-2H3,(H,25,27)(H,26,29)/t12-,15-,16-,19-/m1/s1. The highest BCUT2D eigenvalue weighted by Gasteiger charge is 2.44. The van der Waals surface area contributed by atoms with E-state index in [4.69, 9.17) is 11.6 Å². The molecule has 5 nitrogen and oxygen atoms in total. The maximum Gasteiger partial charge on any atom is 0.223 e. The lowest BCUT2D eigenvalue weighted by atomic mass is 9.76. The second-order valence-corrected chi connectivity index (χ2v) is 9.01. The Balaban J connectivity index is 1.86. The zero-order chi connectivity index (χ0) is 21.3. The second kappa shape index (κ2) is 8.56. The summed E-state index contributed by atoms with van der Waals surface area (Å²) in [5, 5.41) is 15.5. The molecule has 0 heterocycles. The number of carbonyl (C=O) groups excluding carboxylic acids is 2. The third kappa shape index (κ3) is 4.56. The van der Waals surface area contributed by atoms with Crippen LogP contribution in [0.2, 0.25) is 5.02 Å². The highest BCUT2D eigenvalue weighted by molar-refractivity contribution is 6.30. The van der Waals surface area contributed by atoms with Gasteiger partial charge in [0.25, 0.3) is 0 Å². The number of hydrogen-bond acceptors (Lipinski definition) is 3. The number of hydrogen-bond donors (Lipinski definition) is 3. The molecule has 29 heavy (non-hydrogen) atoms. The molecule has 2 saturated carbocycles. The van der Waals surface area contributed by atoms with Crippen molar-refractivity contribution in [3.63, 3.8) is 0 Å². The number of nitrogens with one attached hydrogen (secondary N) is 2. The molecule has 0 spiro atoms. The summed E-state index contributed by atoms with van der Waals surface area (Å²) in [6.07, 6.45) is 2.90. The summed E-state index contributed by atoms with van der Waals surface area (Å²) < 4.78 is 29.5. The molecule has 1 aromatic carbocycles. The average Bonchev–Trinajstić information content (AvgIpc) is 3.24. The third-order valence-corrected chi connectivity index (χ3v) is 6.68. The minimum atomic E-state index is -0.867. The molecule has 4 atom stereocenters. The van der Waals surface area contributed by atoms with Crippen LogP contribution in [0.3, 0.4) is 0 Å². The van der Waals surface area contributed by atoms with Gasteiger partial charge in [0.1, 0.15) is 11.6 Å². The first-order valence-electron chi connectivity index (χ1n) is 10.0. The smallest absolute Gasteiger partial charge is 0.223 e. The molecule has 0 aliphatic heterocycles. The normalized spacial score (nSPS) is 26.9. The molecule has 2 amide bonds. The third-order valence-electron chi connectivity index (χ3n) is 6.39. The van der Waals surface area contributed by atoms with Gasteiger partial charge >= 0.3 is 0 Å². The minimum absolute atomic E-state index is 0.181. The van der Waals surface area contributed by atoms with E-state index in [0.29, 0.717) is 0 Å². The lowest BCUT2D eigenvalue weighted by Gasteiger charge is -2.36. The Kier molecular flexibility index (Phi) is 6.48. The van der Waals surface area contributed by atoms with E-state index in [1.54, 1.807) is 0 Å². The van der Waals surface area contributed by atoms with E-state index in [1.165, 1.54) is 6.92 Å². The largest absolute Gasteiger partial charge is 0.391 e. The van der Waals surface area contributed by atoms with Gasteiger partial charge in [-0.1, -0.05) is 31.4 Å². The topological polar surface area (TPSA) is 78.4 Å². The van der Waals surface area contributed by atoms with E-state index in [9.17, 15) is 23.5 Å². The van der Waals surface area contributed by atoms with Crippen LogP contribution in [-0.4, -0.2) is 29.1 Å². The van der Waals surface area contributed by atoms with Gasteiger partial charge in [-0.3, -0.25) is 9.59 Å². The number of aliphatic hydroxyl groups is 1. The molecule has 0 bridgehead atoms. The van der Waals surface area contributed by atoms with Crippen LogP contribution in [0.25, 0.3) is 0 Å². The van der Waals surface area contributed by atoms with Crippen molar-refractivity contribution in [1.29, 1.82) is 0 Å². The maximum absolute atomic E-state index is 14.8. The van der Waals surface area contributed by atoms with Crippen LogP contribution in [0, 0.1) is 23.0 Å². The van der Waals surface area contributed by atoms with Gasteiger partial charge in [-0.15, -0.1) is 0 Å². The summed E-state index contributed by atoms with van der Waals surface area (Å²) in [4.78, 5) is 24.3. The van der Waals surface area contributed by atoms with Crippen molar-refractivity contribution in [2.45, 2.75) is 70.6 Å². The molecule has 0 unspecified atom stereocenters. The molecule has 1 aromatic rings. The van der Waals surface area contributed by atoms with Crippen molar-refractivity contribution >= 4 is 23.4 Å². The number of aliphatic hydroxyl groups excluding tert-OH is 1. The summed E-state index contributed by atoms with van der Waals surface area (Å²) in [6, 6.07) is 0.901. The van der Waals surface area contributed by atoms with E-state index in [2.05, 4.69) is 10.6 Å². The zero-order valence-corrected chi connectivity index (χ0v) is 17.4. The van der Waals surface area contributed by atoms with Gasteiger partial charge in [0.15, 0.2) is 0 Å². The molecule has 0 saturated heterocycles. The van der Waals surface area contributed by atoms with Gasteiger partial charge in [0.2, 0.25) is 11.8 Å². The van der Waals surface area contributed by atoms with Crippen LogP contribution in [0.5, 0.6) is 0 Å². The van der Waals surface area contributed by atoms with Crippen LogP contribution in [0.1, 0.15) is 64.0 Å². The zero-order valence-electron chi connectivity index (χ0n) is 16.6. The van der Waals surface area contributed by atoms with Crippen LogP contribution in [0.15, 0.2) is 12.1 Å². The van der Waals surface area contributed by atoms with Gasteiger partial charge in [-0.25, -0.2) is 8.78 Å². The maximum atomic E-state index is 14.8. The predicted octanol–water partition coefficient (Wildman–Crippen LogP) is 3.63. The fourth-order valence-electron chi connectivity index (χ4n) is 4.78. The highest BCUT2D eigenvalue weighted by atomic mass is 35.5. The van der Waals surface area contributed by atoms with Crippen LogP contribution in [-0.2, 0) is 9.59 Å². The van der Waals surface area contributed by atoms with Gasteiger partial charge in [-0.05, 0) is 43.2 Å². The van der Waals surface area contributed by atoms with E-state index in [1.807, 2.05) is 6.92 Å². The van der Waals surface area contributed by atoms with Crippen molar-refractivity contribution < 1.29 is 23.5 Å². The average molecular weight is 429 g/mol. The molecule has 160 valence electrons. The van der Waals surface area contributed by atoms with Crippen molar-refractivity contribution in [3.8, 4) is 0 Å². The molecule has 3 N–H and O–H groups in total. The second-order valence-electron chi connectivity index (χ2n) is 8.60. The number of benzene rings is 1. The van der Waals surface area contributed by atoms with Crippen molar-refractivity contribution in [1.82, 2.24) is 10.6 Å². The number of carbonyl (C=O) groups is 2. The Morgan fingerprint density at radius 2 is 1.90 bits per heavy atom. The van der Waals surface area contributed by atoms with Crippen LogP contribution < -0.4 is 10.6 Å². The minimum Gasteiger partial charge on any atom is -0.391 e. The number of rotatable bonds is 5. The SMILES string of the molecule is CC(=O)N[C@@H]1C[C@@H](C(=O)N[C@H](c2c(F)ccc(Cl)c2F)C2(C)CCCC2)C[C@H]1O. The Bertz CT molecular complexity index is 798. The summed E-state index contributed by atoms with van der Waals surface area (Å²) in [6.45, 7) is 3.27. The molecule has 2 fully saturated rings. The van der Waals surface area contributed by atoms with Crippen molar-refractivity contribution in [3.05, 3.63) is 34.4 Å². The van der Waals surface area contributed by atoms with Gasteiger partial charge in [-0.2, -0.15) is 0 Å². The number of halogens is 3. The molecule has 2 aliphatic rings. The van der Waals surface area contributed by atoms with Crippen LogP contribution >= 0.6 is 11.6 Å². The van der Waals surface area contributed by atoms with E-state index in [0.717, 1.165) is 37.8 Å². The van der Waals surface area contributed by atoms with E-state index in [-0.39, 0.29) is 35.2 Å². The first-order chi connectivity index (χ1) is 13.6. The first kappa shape index (κ1) is 22.0. The lowest BCUT2D eigenvalue weighted by Crippen LogP contribution is -2.42.